The van der Waals surface area contributed by atoms with Crippen LogP contribution in [0, 0.1) is 0 Å². The molecule has 4 heterocycles. The average Bonchev–Trinajstić information content (AvgIpc) is 3.37. The van der Waals surface area contributed by atoms with E-state index in [-0.39, 0.29) is 37.1 Å². The van der Waals surface area contributed by atoms with E-state index in [0.29, 0.717) is 5.57 Å². The minimum absolute atomic E-state index is 0.0933. The summed E-state index contributed by atoms with van der Waals surface area (Å²) in [7, 11) is -4.65. The monoisotopic (exact) mass is 546 g/mol. The van der Waals surface area contributed by atoms with Crippen molar-refractivity contribution in [1.29, 1.82) is 0 Å². The maximum absolute atomic E-state index is 12.7. The number of aromatic nitrogens is 3. The van der Waals surface area contributed by atoms with Gasteiger partial charge in [-0.25, -0.2) is 14.3 Å². The zero-order valence-corrected chi connectivity index (χ0v) is 20.9. The number of amides is 1. The molecule has 7 atom stereocenters. The Bertz CT molecular complexity index is 1160. The highest BCUT2D eigenvalue weighted by Crippen LogP contribution is 2.52. The molecule has 0 bridgehead atoms. The minimum atomic E-state index is -4.65. The van der Waals surface area contributed by atoms with Crippen molar-refractivity contribution >= 4 is 31.4 Å². The van der Waals surface area contributed by atoms with Gasteiger partial charge in [0.25, 0.3) is 5.91 Å². The number of carbonyl (C=O) groups is 1. The molecule has 1 aromatic rings. The molecule has 0 radical (unpaired) electrons. The molecule has 2 fully saturated rings. The molecule has 17 heteroatoms. The summed E-state index contributed by atoms with van der Waals surface area (Å²) in [6.07, 6.45) is -0.607. The Morgan fingerprint density at radius 2 is 2.17 bits per heavy atom. The maximum Gasteiger partial charge on any atom is 0.472 e. The fraction of sp³-hybridized carbons (Fsp3) is 0.579. The first-order chi connectivity index (χ1) is 17.0. The van der Waals surface area contributed by atoms with Gasteiger partial charge in [-0.3, -0.25) is 18.4 Å². The normalized spacial score (nSPS) is 32.3. The summed E-state index contributed by atoms with van der Waals surface area (Å²) in [5.41, 5.74) is 5.18. The lowest BCUT2D eigenvalue weighted by molar-refractivity contribution is -0.118. The number of nitrogen functional groups attached to an aromatic ring is 1. The molecule has 4 rings (SSSR count). The van der Waals surface area contributed by atoms with Crippen molar-refractivity contribution in [2.75, 3.05) is 18.9 Å². The van der Waals surface area contributed by atoms with Gasteiger partial charge in [0, 0.05) is 24.6 Å². The number of nitrogens with zero attached hydrogens (tertiary/aromatic N) is 4. The van der Waals surface area contributed by atoms with Crippen LogP contribution in [0.4, 0.5) is 5.95 Å². The summed E-state index contributed by atoms with van der Waals surface area (Å²) in [6.45, 7) is 4.54. The van der Waals surface area contributed by atoms with E-state index in [2.05, 4.69) is 21.9 Å². The lowest BCUT2D eigenvalue weighted by Crippen LogP contribution is -2.42. The summed E-state index contributed by atoms with van der Waals surface area (Å²) in [4.78, 5) is 43.0. The Hall–Kier alpha value is -2.30. The van der Waals surface area contributed by atoms with Crippen LogP contribution in [0.2, 0.25) is 0 Å². The van der Waals surface area contributed by atoms with Crippen LogP contribution in [0.15, 0.2) is 35.3 Å². The number of hydrogen-bond donors (Lipinski definition) is 5. The first-order valence-corrected chi connectivity index (χ1v) is 13.3. The van der Waals surface area contributed by atoms with Crippen LogP contribution in [0.5, 0.6) is 0 Å². The maximum atomic E-state index is 12.7. The lowest BCUT2D eigenvalue weighted by Gasteiger charge is -2.32. The molecule has 198 valence electrons. The molecule has 1 aromatic heterocycles. The number of phosphoric acid groups is 1. The van der Waals surface area contributed by atoms with Crippen molar-refractivity contribution < 1.29 is 38.3 Å². The number of rotatable bonds is 8. The first kappa shape index (κ1) is 26.8. The van der Waals surface area contributed by atoms with Crippen molar-refractivity contribution in [1.82, 2.24) is 24.8 Å². The largest absolute Gasteiger partial charge is 0.472 e. The zero-order chi connectivity index (χ0) is 26.2. The second-order valence-electron chi connectivity index (χ2n) is 8.41. The van der Waals surface area contributed by atoms with Gasteiger partial charge in [0.15, 0.2) is 0 Å². The third-order valence-electron chi connectivity index (χ3n) is 5.86. The predicted octanol–water partition coefficient (Wildman–Crippen LogP) is -0.998. The summed E-state index contributed by atoms with van der Waals surface area (Å²) < 4.78 is 30.0. The van der Waals surface area contributed by atoms with Gasteiger partial charge in [0.1, 0.15) is 24.5 Å². The van der Waals surface area contributed by atoms with Gasteiger partial charge in [-0.1, -0.05) is 6.58 Å². The summed E-state index contributed by atoms with van der Waals surface area (Å²) in [5, 5.41) is 21.5. The third kappa shape index (κ3) is 5.81. The molecule has 1 amide bonds. The minimum Gasteiger partial charge on any atom is -0.395 e. The van der Waals surface area contributed by atoms with Crippen molar-refractivity contribution in [2.24, 2.45) is 0 Å². The number of nitrogens with two attached hydrogens (primary N) is 1. The van der Waals surface area contributed by atoms with E-state index in [1.54, 1.807) is 18.0 Å². The van der Waals surface area contributed by atoms with Gasteiger partial charge < -0.3 is 35.8 Å². The molecule has 6 N–H and O–H groups in total. The standard InChI is InChI=1S/C19H27N6O9PS/c1-9-5-24(10(2)22-17(9)28)15-3-11(27)13(33-15)7-32-35(30,31)34-12-4-16(36-14(12)6-26)25-8-21-18(20)23-19(25)29/h5,8,11-16,26-27H,2-4,6-7H2,1H3,(H,22,28)(H,30,31)(H2,20,23,29)/t11-,12-,13-,14-,15-,16-/m1/s1. The van der Waals surface area contributed by atoms with E-state index in [0.717, 1.165) is 11.8 Å². The molecule has 0 spiro atoms. The van der Waals surface area contributed by atoms with Gasteiger partial charge in [0.05, 0.1) is 36.0 Å². The van der Waals surface area contributed by atoms with Crippen LogP contribution in [0.3, 0.4) is 0 Å². The smallest absolute Gasteiger partial charge is 0.395 e. The number of aliphatic hydroxyl groups is 2. The van der Waals surface area contributed by atoms with Gasteiger partial charge in [-0.05, 0) is 6.92 Å². The van der Waals surface area contributed by atoms with E-state index in [1.165, 1.54) is 10.9 Å². The van der Waals surface area contributed by atoms with Crippen LogP contribution in [-0.4, -0.2) is 83.5 Å². The number of carbonyl (C=O) groups excluding carboxylic acids is 1. The third-order valence-corrected chi connectivity index (χ3v) is 8.41. The number of phosphoric ester groups is 1. The van der Waals surface area contributed by atoms with Gasteiger partial charge in [-0.15, -0.1) is 11.8 Å². The van der Waals surface area contributed by atoms with Gasteiger partial charge >= 0.3 is 13.5 Å². The van der Waals surface area contributed by atoms with Crippen LogP contribution in [0.25, 0.3) is 0 Å². The molecule has 3 aliphatic heterocycles. The summed E-state index contributed by atoms with van der Waals surface area (Å²) in [6, 6.07) is 0. The number of thioether (sulfide) groups is 1. The highest BCUT2D eigenvalue weighted by Gasteiger charge is 2.43. The molecule has 15 nitrogen and oxygen atoms in total. The predicted molar refractivity (Wildman–Crippen MR) is 126 cm³/mol. The first-order valence-electron chi connectivity index (χ1n) is 10.9. The topological polar surface area (TPSA) is 212 Å². The number of aliphatic hydroxyl groups excluding tert-OH is 2. The molecule has 1 unspecified atom stereocenters. The molecule has 2 saturated heterocycles. The number of anilines is 1. The lowest BCUT2D eigenvalue weighted by atomic mass is 10.1. The van der Waals surface area contributed by atoms with Crippen molar-refractivity contribution in [2.45, 2.75) is 54.9 Å². The second kappa shape index (κ2) is 10.6. The van der Waals surface area contributed by atoms with E-state index in [1.807, 2.05) is 0 Å². The van der Waals surface area contributed by atoms with E-state index < -0.39 is 55.3 Å². The Morgan fingerprint density at radius 3 is 2.86 bits per heavy atom. The SMILES string of the molecule is C=C1NC(=O)C(C)=CN1[C@H]1C[C@@H](O)[C@@H](COP(=O)(O)O[C@@H]2C[C@H](n3cnc(N)nc3=O)S[C@@H]2CO)O1. The van der Waals surface area contributed by atoms with Crippen molar-refractivity contribution in [3.8, 4) is 0 Å². The fourth-order valence-electron chi connectivity index (χ4n) is 4.00. The molecular weight excluding hydrogens is 519 g/mol. The number of nitrogens with one attached hydrogen (secondary N) is 1. The van der Waals surface area contributed by atoms with Crippen molar-refractivity contribution in [3.63, 3.8) is 0 Å². The average molecular weight is 546 g/mol. The number of hydrogen-bond acceptors (Lipinski definition) is 13. The van der Waals surface area contributed by atoms with E-state index in [4.69, 9.17) is 19.5 Å². The highest BCUT2D eigenvalue weighted by atomic mass is 32.2. The Kier molecular flexibility index (Phi) is 7.87. The summed E-state index contributed by atoms with van der Waals surface area (Å²) >= 11 is 1.16. The van der Waals surface area contributed by atoms with Crippen LogP contribution >= 0.6 is 19.6 Å². The van der Waals surface area contributed by atoms with Gasteiger partial charge in [-0.2, -0.15) is 4.98 Å². The van der Waals surface area contributed by atoms with Gasteiger partial charge in [0.2, 0.25) is 5.95 Å². The van der Waals surface area contributed by atoms with E-state index >= 15 is 0 Å². The molecule has 0 aromatic carbocycles. The number of ether oxygens (including phenoxy) is 1. The molecule has 3 aliphatic rings. The van der Waals surface area contributed by atoms with Crippen LogP contribution < -0.4 is 16.7 Å². The molecule has 0 saturated carbocycles. The highest BCUT2D eigenvalue weighted by molar-refractivity contribution is 8.00. The second-order valence-corrected chi connectivity index (χ2v) is 11.2. The zero-order valence-electron chi connectivity index (χ0n) is 19.2. The molecular formula is C19H27N6O9PS. The Morgan fingerprint density at radius 1 is 1.42 bits per heavy atom. The molecule has 36 heavy (non-hydrogen) atoms. The Balaban J connectivity index is 1.35. The Labute approximate surface area is 209 Å². The summed E-state index contributed by atoms with van der Waals surface area (Å²) in [5.74, 6) is -0.206. The van der Waals surface area contributed by atoms with E-state index in [9.17, 15) is 29.3 Å². The fourth-order valence-corrected chi connectivity index (χ4v) is 6.46. The van der Waals surface area contributed by atoms with Crippen LogP contribution in [0.1, 0.15) is 25.1 Å². The quantitative estimate of drug-likeness (QED) is 0.248. The van der Waals surface area contributed by atoms with Crippen LogP contribution in [-0.2, 0) is 23.1 Å². The molecule has 0 aliphatic carbocycles. The van der Waals surface area contributed by atoms with Crippen molar-refractivity contribution in [3.05, 3.63) is 41.0 Å².